The molecule has 0 radical (unpaired) electrons. The van der Waals surface area contributed by atoms with Crippen LogP contribution in [0.2, 0.25) is 0 Å². The van der Waals surface area contributed by atoms with E-state index in [1.54, 1.807) is 26.4 Å². The molecule has 0 aliphatic heterocycles. The highest BCUT2D eigenvalue weighted by Gasteiger charge is 2.15. The summed E-state index contributed by atoms with van der Waals surface area (Å²) in [6.07, 6.45) is 0. The lowest BCUT2D eigenvalue weighted by atomic mass is 10.1. The lowest BCUT2D eigenvalue weighted by molar-refractivity contribution is 0.316. The summed E-state index contributed by atoms with van der Waals surface area (Å²) in [5, 5.41) is 4.48. The standard InChI is InChI=1S/C21H28N4O3/c1-5-25(6-2)10-9-23-15-8-7-14(22)20-19(15)21(26)13-11-17(27-3)18(28-4)12-16(13)24-20/h7-8,11-12,23H,5-6,9-10,22H2,1-4H3,(H,24,26). The molecule has 4 N–H and O–H groups in total. The van der Waals surface area contributed by atoms with Crippen molar-refractivity contribution in [1.82, 2.24) is 9.88 Å². The maximum absolute atomic E-state index is 13.3. The predicted octanol–water partition coefficient (Wildman–Crippen LogP) is 3.03. The number of rotatable bonds is 8. The molecule has 150 valence electrons. The van der Waals surface area contributed by atoms with Crippen LogP contribution >= 0.6 is 0 Å². The Morgan fingerprint density at radius 1 is 1.11 bits per heavy atom. The quantitative estimate of drug-likeness (QED) is 0.408. The van der Waals surface area contributed by atoms with Crippen molar-refractivity contribution in [2.24, 2.45) is 0 Å². The number of pyridine rings is 1. The van der Waals surface area contributed by atoms with E-state index in [0.717, 1.165) is 31.9 Å². The predicted molar refractivity (Wildman–Crippen MR) is 116 cm³/mol. The van der Waals surface area contributed by atoms with Crippen LogP contribution in [-0.4, -0.2) is 50.3 Å². The topological polar surface area (TPSA) is 92.6 Å². The number of hydrogen-bond donors (Lipinski definition) is 3. The van der Waals surface area contributed by atoms with E-state index in [9.17, 15) is 4.79 Å². The number of aromatic nitrogens is 1. The van der Waals surface area contributed by atoms with E-state index in [4.69, 9.17) is 15.2 Å². The van der Waals surface area contributed by atoms with Gasteiger partial charge < -0.3 is 30.4 Å². The summed E-state index contributed by atoms with van der Waals surface area (Å²) >= 11 is 0. The second kappa shape index (κ2) is 8.39. The second-order valence-corrected chi connectivity index (χ2v) is 6.61. The van der Waals surface area contributed by atoms with Gasteiger partial charge in [-0.2, -0.15) is 0 Å². The molecule has 0 bridgehead atoms. The Morgan fingerprint density at radius 2 is 1.79 bits per heavy atom. The van der Waals surface area contributed by atoms with Crippen LogP contribution in [0, 0.1) is 0 Å². The van der Waals surface area contributed by atoms with Crippen LogP contribution in [-0.2, 0) is 0 Å². The molecule has 0 aliphatic carbocycles. The third-order valence-corrected chi connectivity index (χ3v) is 5.13. The van der Waals surface area contributed by atoms with Crippen LogP contribution < -0.4 is 26.0 Å². The molecule has 0 spiro atoms. The van der Waals surface area contributed by atoms with Crippen LogP contribution in [0.5, 0.6) is 11.5 Å². The second-order valence-electron chi connectivity index (χ2n) is 6.61. The molecule has 28 heavy (non-hydrogen) atoms. The maximum atomic E-state index is 13.3. The summed E-state index contributed by atoms with van der Waals surface area (Å²) in [7, 11) is 3.12. The zero-order valence-corrected chi connectivity index (χ0v) is 16.9. The molecule has 2 aromatic carbocycles. The molecule has 0 fully saturated rings. The Morgan fingerprint density at radius 3 is 2.43 bits per heavy atom. The van der Waals surface area contributed by atoms with Gasteiger partial charge in [0.1, 0.15) is 0 Å². The van der Waals surface area contributed by atoms with Crippen molar-refractivity contribution in [2.75, 3.05) is 51.4 Å². The van der Waals surface area contributed by atoms with Gasteiger partial charge in [0, 0.05) is 24.8 Å². The molecule has 0 atom stereocenters. The molecule has 7 nitrogen and oxygen atoms in total. The third kappa shape index (κ3) is 3.57. The van der Waals surface area contributed by atoms with Gasteiger partial charge in [-0.15, -0.1) is 0 Å². The molecule has 0 aliphatic rings. The van der Waals surface area contributed by atoms with Gasteiger partial charge in [-0.3, -0.25) is 4.79 Å². The first kappa shape index (κ1) is 19.8. The summed E-state index contributed by atoms with van der Waals surface area (Å²) in [4.78, 5) is 18.9. The van der Waals surface area contributed by atoms with E-state index in [-0.39, 0.29) is 5.43 Å². The van der Waals surface area contributed by atoms with E-state index in [0.29, 0.717) is 39.0 Å². The number of hydrogen-bond acceptors (Lipinski definition) is 6. The van der Waals surface area contributed by atoms with Crippen molar-refractivity contribution < 1.29 is 9.47 Å². The molecule has 1 heterocycles. The summed E-state index contributed by atoms with van der Waals surface area (Å²) < 4.78 is 10.7. The molecule has 0 saturated heterocycles. The SMILES string of the molecule is CCN(CC)CCNc1ccc(N)c2[nH]c3cc(OC)c(OC)cc3c(=O)c12. The fourth-order valence-corrected chi connectivity index (χ4v) is 3.46. The summed E-state index contributed by atoms with van der Waals surface area (Å²) in [6.45, 7) is 7.90. The minimum atomic E-state index is -0.0951. The molecule has 7 heteroatoms. The third-order valence-electron chi connectivity index (χ3n) is 5.13. The Balaban J connectivity index is 2.12. The summed E-state index contributed by atoms with van der Waals surface area (Å²) in [5.41, 5.74) is 8.65. The van der Waals surface area contributed by atoms with Crippen LogP contribution in [0.1, 0.15) is 13.8 Å². The first-order chi connectivity index (χ1) is 13.5. The highest BCUT2D eigenvalue weighted by Crippen LogP contribution is 2.33. The van der Waals surface area contributed by atoms with Gasteiger partial charge in [0.2, 0.25) is 0 Å². The van der Waals surface area contributed by atoms with Crippen molar-refractivity contribution >= 4 is 33.2 Å². The Kier molecular flexibility index (Phi) is 5.94. The zero-order valence-electron chi connectivity index (χ0n) is 16.9. The van der Waals surface area contributed by atoms with Gasteiger partial charge in [-0.25, -0.2) is 0 Å². The van der Waals surface area contributed by atoms with Gasteiger partial charge in [0.25, 0.3) is 0 Å². The average Bonchev–Trinajstić information content (AvgIpc) is 2.72. The van der Waals surface area contributed by atoms with E-state index in [2.05, 4.69) is 29.0 Å². The van der Waals surface area contributed by atoms with Gasteiger partial charge in [0.15, 0.2) is 16.9 Å². The first-order valence-electron chi connectivity index (χ1n) is 9.50. The van der Waals surface area contributed by atoms with Gasteiger partial charge >= 0.3 is 0 Å². The van der Waals surface area contributed by atoms with Crippen LogP contribution in [0.15, 0.2) is 29.1 Å². The molecule has 0 saturated carbocycles. The lowest BCUT2D eigenvalue weighted by Gasteiger charge is -2.19. The minimum absolute atomic E-state index is 0.0951. The van der Waals surface area contributed by atoms with Crippen LogP contribution in [0.3, 0.4) is 0 Å². The number of ether oxygens (including phenoxy) is 2. The Bertz CT molecular complexity index is 1040. The summed E-state index contributed by atoms with van der Waals surface area (Å²) in [5.74, 6) is 1.07. The van der Waals surface area contributed by atoms with Crippen molar-refractivity contribution in [3.05, 3.63) is 34.5 Å². The highest BCUT2D eigenvalue weighted by molar-refractivity contribution is 6.04. The van der Waals surface area contributed by atoms with Crippen LogP contribution in [0.25, 0.3) is 21.8 Å². The van der Waals surface area contributed by atoms with Gasteiger partial charge in [0.05, 0.1) is 41.7 Å². The number of nitrogen functional groups attached to an aromatic ring is 1. The lowest BCUT2D eigenvalue weighted by Crippen LogP contribution is -2.28. The fourth-order valence-electron chi connectivity index (χ4n) is 3.46. The number of methoxy groups -OCH3 is 2. The zero-order chi connectivity index (χ0) is 20.3. The van der Waals surface area contributed by atoms with Crippen molar-refractivity contribution in [1.29, 1.82) is 0 Å². The largest absolute Gasteiger partial charge is 0.493 e. The van der Waals surface area contributed by atoms with Gasteiger partial charge in [-0.05, 0) is 31.3 Å². The highest BCUT2D eigenvalue weighted by atomic mass is 16.5. The number of fused-ring (bicyclic) bond motifs is 2. The molecular formula is C21H28N4O3. The number of nitrogens with zero attached hydrogens (tertiary/aromatic N) is 1. The average molecular weight is 384 g/mol. The molecule has 0 unspecified atom stereocenters. The maximum Gasteiger partial charge on any atom is 0.199 e. The number of benzene rings is 2. The van der Waals surface area contributed by atoms with Crippen LogP contribution in [0.4, 0.5) is 11.4 Å². The van der Waals surface area contributed by atoms with E-state index in [1.807, 2.05) is 12.1 Å². The van der Waals surface area contributed by atoms with E-state index < -0.39 is 0 Å². The number of anilines is 2. The Hall–Kier alpha value is -2.93. The molecule has 0 amide bonds. The monoisotopic (exact) mass is 384 g/mol. The minimum Gasteiger partial charge on any atom is -0.493 e. The van der Waals surface area contributed by atoms with E-state index in [1.165, 1.54) is 0 Å². The van der Waals surface area contributed by atoms with E-state index >= 15 is 0 Å². The van der Waals surface area contributed by atoms with Crippen molar-refractivity contribution in [2.45, 2.75) is 13.8 Å². The number of likely N-dealkylation sites (N-methyl/N-ethyl adjacent to an activating group) is 1. The number of aromatic amines is 1. The number of nitrogens with one attached hydrogen (secondary N) is 2. The number of H-pyrrole nitrogens is 1. The Labute approximate surface area is 164 Å². The molecule has 3 rings (SSSR count). The first-order valence-corrected chi connectivity index (χ1v) is 9.50. The normalized spacial score (nSPS) is 11.3. The summed E-state index contributed by atoms with van der Waals surface area (Å²) in [6, 6.07) is 7.14. The smallest absolute Gasteiger partial charge is 0.199 e. The molecule has 1 aromatic heterocycles. The fraction of sp³-hybridized carbons (Fsp3) is 0.381. The molecule has 3 aromatic rings. The molecular weight excluding hydrogens is 356 g/mol. The van der Waals surface area contributed by atoms with Crippen molar-refractivity contribution in [3.8, 4) is 11.5 Å². The van der Waals surface area contributed by atoms with Gasteiger partial charge in [-0.1, -0.05) is 13.8 Å². The van der Waals surface area contributed by atoms with Crippen molar-refractivity contribution in [3.63, 3.8) is 0 Å². The number of nitrogens with two attached hydrogens (primary N) is 1.